The lowest BCUT2D eigenvalue weighted by molar-refractivity contribution is 1.16. The molecule has 0 saturated heterocycles. The second-order valence-corrected chi connectivity index (χ2v) is 12.7. The Hall–Kier alpha value is -6.84. The van der Waals surface area contributed by atoms with Crippen molar-refractivity contribution in [3.8, 4) is 28.2 Å². The van der Waals surface area contributed by atoms with Crippen LogP contribution >= 0.6 is 0 Å². The summed E-state index contributed by atoms with van der Waals surface area (Å²) in [5.74, 6) is 0. The van der Waals surface area contributed by atoms with Crippen LogP contribution < -0.4 is 0 Å². The topological polar surface area (TPSA) is 14.8 Å². The summed E-state index contributed by atoms with van der Waals surface area (Å²) in [6.45, 7) is 0. The minimum atomic E-state index is -0.597. The van der Waals surface area contributed by atoms with Gasteiger partial charge in [-0.2, -0.15) is 0 Å². The van der Waals surface area contributed by atoms with Crippen molar-refractivity contribution >= 4 is 65.4 Å². The average molecular weight is 659 g/mol. The Morgan fingerprint density at radius 1 is 0.353 bits per heavy atom. The number of para-hydroxylation sites is 5. The Morgan fingerprint density at radius 3 is 1.55 bits per heavy atom. The molecule has 0 atom stereocenters. The van der Waals surface area contributed by atoms with Crippen molar-refractivity contribution in [1.82, 2.24) is 13.7 Å². The van der Waals surface area contributed by atoms with Gasteiger partial charge >= 0.3 is 0 Å². The first-order chi connectivity index (χ1) is 29.1. The van der Waals surface area contributed by atoms with Crippen LogP contribution in [0.25, 0.3) is 93.6 Å². The first-order valence-electron chi connectivity index (χ1n) is 21.3. The lowest BCUT2D eigenvalue weighted by Crippen LogP contribution is -1.99. The van der Waals surface area contributed by atoms with E-state index in [1.807, 2.05) is 48.5 Å². The molecule has 3 heteroatoms. The molecule has 0 saturated carbocycles. The van der Waals surface area contributed by atoms with Gasteiger partial charge in [-0.3, -0.25) is 0 Å². The van der Waals surface area contributed by atoms with Crippen molar-refractivity contribution in [2.75, 3.05) is 0 Å². The van der Waals surface area contributed by atoms with E-state index in [4.69, 9.17) is 9.60 Å². The van der Waals surface area contributed by atoms with Gasteiger partial charge < -0.3 is 13.7 Å². The highest BCUT2D eigenvalue weighted by Gasteiger charge is 2.21. The van der Waals surface area contributed by atoms with Crippen molar-refractivity contribution in [1.29, 1.82) is 0 Å². The standard InChI is InChI=1S/C48H31N3/c1-2-15-32(16-3-1)34-17-4-9-22-40(34)50-44-26-13-8-21-39(44)48-45(50)27-14-28-46(48)51-43-25-12-7-20-37(43)38-30-29-33(31-47(38)51)49-41-23-10-5-18-35(41)36-19-6-11-24-42(36)49/h1-31H/i1D,2D,3D,4D,9D,15D,16D,17D,22D. The van der Waals surface area contributed by atoms with Crippen LogP contribution in [-0.4, -0.2) is 13.7 Å². The largest absolute Gasteiger partial charge is 0.309 e. The Balaban J connectivity index is 1.27. The van der Waals surface area contributed by atoms with Crippen LogP contribution in [0.5, 0.6) is 0 Å². The highest BCUT2D eigenvalue weighted by Crippen LogP contribution is 2.42. The number of nitrogens with zero attached hydrogens (tertiary/aromatic N) is 3. The number of hydrogen-bond donors (Lipinski definition) is 0. The van der Waals surface area contributed by atoms with E-state index in [1.54, 1.807) is 4.57 Å². The summed E-state index contributed by atoms with van der Waals surface area (Å²) in [6, 6.07) is 40.2. The van der Waals surface area contributed by atoms with Crippen LogP contribution in [0, 0.1) is 0 Å². The van der Waals surface area contributed by atoms with Gasteiger partial charge in [0.15, 0.2) is 0 Å². The summed E-state index contributed by atoms with van der Waals surface area (Å²) in [5.41, 5.74) is 6.66. The molecule has 0 amide bonds. The molecular formula is C48H31N3. The van der Waals surface area contributed by atoms with Crippen molar-refractivity contribution in [3.63, 3.8) is 0 Å². The fourth-order valence-corrected chi connectivity index (χ4v) is 8.02. The predicted octanol–water partition coefficient (Wildman–Crippen LogP) is 12.6. The Morgan fingerprint density at radius 2 is 0.863 bits per heavy atom. The second-order valence-electron chi connectivity index (χ2n) is 12.7. The number of aromatic nitrogens is 3. The second kappa shape index (κ2) is 10.8. The molecule has 0 aliphatic rings. The van der Waals surface area contributed by atoms with Crippen molar-refractivity contribution in [2.45, 2.75) is 0 Å². The van der Waals surface area contributed by atoms with Gasteiger partial charge in [0.25, 0.3) is 0 Å². The minimum absolute atomic E-state index is 0.0150. The van der Waals surface area contributed by atoms with E-state index < -0.39 is 54.4 Å². The maximum absolute atomic E-state index is 9.38. The van der Waals surface area contributed by atoms with Crippen molar-refractivity contribution in [3.05, 3.63) is 188 Å². The van der Waals surface area contributed by atoms with Gasteiger partial charge in [0, 0.05) is 43.6 Å². The van der Waals surface area contributed by atoms with Gasteiger partial charge in [0.2, 0.25) is 0 Å². The fraction of sp³-hybridized carbons (Fsp3) is 0. The molecule has 0 aliphatic carbocycles. The van der Waals surface area contributed by atoms with Crippen molar-refractivity contribution in [2.24, 2.45) is 0 Å². The number of benzene rings is 8. The number of hydrogen-bond acceptors (Lipinski definition) is 0. The first-order valence-corrected chi connectivity index (χ1v) is 16.8. The molecule has 238 valence electrons. The molecule has 3 nitrogen and oxygen atoms in total. The van der Waals surface area contributed by atoms with Gasteiger partial charge in [-0.05, 0) is 60.1 Å². The molecule has 0 radical (unpaired) electrons. The molecular weight excluding hydrogens is 619 g/mol. The van der Waals surface area contributed by atoms with Crippen LogP contribution in [0.1, 0.15) is 12.3 Å². The quantitative estimate of drug-likeness (QED) is 0.179. The third-order valence-electron chi connectivity index (χ3n) is 10.1. The van der Waals surface area contributed by atoms with Gasteiger partial charge in [0.05, 0.1) is 56.8 Å². The summed E-state index contributed by atoms with van der Waals surface area (Å²) >= 11 is 0. The third kappa shape index (κ3) is 4.00. The summed E-state index contributed by atoms with van der Waals surface area (Å²) in [5, 5.41) is 6.03. The zero-order valence-electron chi connectivity index (χ0n) is 36.0. The molecule has 0 N–H and O–H groups in total. The van der Waals surface area contributed by atoms with Gasteiger partial charge in [-0.1, -0.05) is 133 Å². The molecule has 11 aromatic rings. The molecule has 51 heavy (non-hydrogen) atoms. The van der Waals surface area contributed by atoms with Crippen LogP contribution in [0.4, 0.5) is 0 Å². The molecule has 11 rings (SSSR count). The van der Waals surface area contributed by atoms with E-state index in [0.29, 0.717) is 11.0 Å². The van der Waals surface area contributed by atoms with Gasteiger partial charge in [-0.15, -0.1) is 0 Å². The maximum Gasteiger partial charge on any atom is 0.0645 e. The summed E-state index contributed by atoms with van der Waals surface area (Å²) < 4.78 is 85.4. The molecule has 8 aromatic carbocycles. The summed E-state index contributed by atoms with van der Waals surface area (Å²) in [6.07, 6.45) is 0. The third-order valence-corrected chi connectivity index (χ3v) is 10.1. The van der Waals surface area contributed by atoms with Crippen LogP contribution in [0.2, 0.25) is 0 Å². The fourth-order valence-electron chi connectivity index (χ4n) is 8.02. The predicted molar refractivity (Wildman–Crippen MR) is 215 cm³/mol. The molecule has 0 bridgehead atoms. The van der Waals surface area contributed by atoms with E-state index in [1.165, 1.54) is 0 Å². The molecule has 0 unspecified atom stereocenters. The first kappa shape index (κ1) is 20.6. The maximum atomic E-state index is 9.38. The normalized spacial score (nSPS) is 14.4. The van der Waals surface area contributed by atoms with E-state index in [0.717, 1.165) is 65.8 Å². The van der Waals surface area contributed by atoms with Crippen LogP contribution in [0.15, 0.2) is 188 Å². The average Bonchev–Trinajstić information content (AvgIpc) is 3.91. The summed E-state index contributed by atoms with van der Waals surface area (Å²) in [7, 11) is 0. The molecule has 3 heterocycles. The Labute approximate surface area is 307 Å². The van der Waals surface area contributed by atoms with E-state index in [9.17, 15) is 2.74 Å². The van der Waals surface area contributed by atoms with Gasteiger partial charge in [-0.25, -0.2) is 0 Å². The lowest BCUT2D eigenvalue weighted by atomic mass is 10.0. The monoisotopic (exact) mass is 658 g/mol. The van der Waals surface area contributed by atoms with E-state index in [-0.39, 0.29) is 16.8 Å². The van der Waals surface area contributed by atoms with Crippen LogP contribution in [-0.2, 0) is 0 Å². The SMILES string of the molecule is [2H]c1c([2H])c([2H])c(-c2c([2H])c([2H])c([2H])c([2H])c2-n2c3ccccc3c3c(-n4c5ccccc5c5ccc(-n6c7ccccc7c7ccccc76)cc54)cccc32)c([2H])c1[2H]. The minimum Gasteiger partial charge on any atom is -0.309 e. The summed E-state index contributed by atoms with van der Waals surface area (Å²) in [4.78, 5) is 0. The number of fused-ring (bicyclic) bond motifs is 9. The Kier molecular flexibility index (Phi) is 4.38. The smallest absolute Gasteiger partial charge is 0.0645 e. The molecule has 3 aromatic heterocycles. The number of rotatable bonds is 4. The van der Waals surface area contributed by atoms with Crippen molar-refractivity contribution < 1.29 is 12.3 Å². The molecule has 0 aliphatic heterocycles. The Bertz CT molecular complexity index is 3590. The molecule has 0 fully saturated rings. The molecule has 0 spiro atoms. The van der Waals surface area contributed by atoms with Gasteiger partial charge in [0.1, 0.15) is 0 Å². The van der Waals surface area contributed by atoms with Crippen LogP contribution in [0.3, 0.4) is 0 Å². The lowest BCUT2D eigenvalue weighted by Gasteiger charge is -2.15. The zero-order valence-corrected chi connectivity index (χ0v) is 27.0. The van der Waals surface area contributed by atoms with E-state index in [2.05, 4.69) is 94.1 Å². The highest BCUT2D eigenvalue weighted by atomic mass is 15.0. The zero-order chi connectivity index (χ0) is 41.3. The highest BCUT2D eigenvalue weighted by molar-refractivity contribution is 6.17. The van der Waals surface area contributed by atoms with E-state index >= 15 is 0 Å².